The molecule has 0 aliphatic carbocycles. The lowest BCUT2D eigenvalue weighted by molar-refractivity contribution is -0.160. The third kappa shape index (κ3) is 4.27. The minimum Gasteiger partial charge on any atom is -0.467 e. The second-order valence-electron chi connectivity index (χ2n) is 8.52. The number of ether oxygens (including phenoxy) is 2. The van der Waals surface area contributed by atoms with Crippen molar-refractivity contribution in [2.75, 3.05) is 20.8 Å². The van der Waals surface area contributed by atoms with E-state index in [4.69, 9.17) is 9.47 Å². The van der Waals surface area contributed by atoms with Gasteiger partial charge in [0, 0.05) is 20.9 Å². The van der Waals surface area contributed by atoms with Gasteiger partial charge in [0.05, 0.1) is 20.1 Å². The summed E-state index contributed by atoms with van der Waals surface area (Å²) in [7, 11) is 2.50. The number of methoxy groups -OCH3 is 2. The van der Waals surface area contributed by atoms with Crippen molar-refractivity contribution in [2.45, 2.75) is 30.3 Å². The average molecular weight is 591 g/mol. The smallest absolute Gasteiger partial charge is 0.374 e. The Morgan fingerprint density at radius 3 is 2.38 bits per heavy atom. The van der Waals surface area contributed by atoms with Crippen LogP contribution in [-0.2, 0) is 23.9 Å². The van der Waals surface area contributed by atoms with E-state index < -0.39 is 35.1 Å². The Morgan fingerprint density at radius 2 is 1.74 bits per heavy atom. The summed E-state index contributed by atoms with van der Waals surface area (Å²) in [5.74, 6) is -3.65. The summed E-state index contributed by atoms with van der Waals surface area (Å²) in [6.45, 7) is 0.609. The Labute approximate surface area is 215 Å². The maximum atomic E-state index is 13.6. The van der Waals surface area contributed by atoms with Crippen LogP contribution in [-0.4, -0.2) is 55.0 Å². The molecule has 2 saturated heterocycles. The summed E-state index contributed by atoms with van der Waals surface area (Å²) in [5, 5.41) is 0. The number of halogens is 2. The molecule has 0 amide bonds. The van der Waals surface area contributed by atoms with Crippen LogP contribution in [0.2, 0.25) is 0 Å². The molecule has 0 N–H and O–H groups in total. The van der Waals surface area contributed by atoms with E-state index in [1.54, 1.807) is 6.08 Å². The molecule has 6 nitrogen and oxygen atoms in total. The molecule has 2 aliphatic heterocycles. The van der Waals surface area contributed by atoms with Crippen LogP contribution < -0.4 is 0 Å². The van der Waals surface area contributed by atoms with Crippen molar-refractivity contribution in [1.29, 1.82) is 0 Å². The number of nitrogens with zero attached hydrogens (tertiary/aromatic N) is 1. The highest BCUT2D eigenvalue weighted by molar-refractivity contribution is 9.10. The van der Waals surface area contributed by atoms with Crippen molar-refractivity contribution in [3.8, 4) is 0 Å². The van der Waals surface area contributed by atoms with Crippen molar-refractivity contribution in [3.05, 3.63) is 74.7 Å². The molecule has 0 bridgehead atoms. The number of Topliss-reactive ketones (excluding diaryl/α,β-unsaturated/α-hetero) is 1. The van der Waals surface area contributed by atoms with Crippen LogP contribution in [0.25, 0.3) is 6.08 Å². The van der Waals surface area contributed by atoms with Crippen molar-refractivity contribution in [3.63, 3.8) is 0 Å². The normalized spacial score (nSPS) is 26.4. The Kier molecular flexibility index (Phi) is 7.40. The van der Waals surface area contributed by atoms with E-state index in [0.717, 1.165) is 32.9 Å². The van der Waals surface area contributed by atoms with Gasteiger partial charge in [-0.25, -0.2) is 9.59 Å². The molecule has 2 fully saturated rings. The minimum atomic E-state index is -1.45. The van der Waals surface area contributed by atoms with Gasteiger partial charge in [-0.15, -0.1) is 0 Å². The molecule has 34 heavy (non-hydrogen) atoms. The summed E-state index contributed by atoms with van der Waals surface area (Å²) in [5.41, 5.74) is 0.287. The fourth-order valence-electron chi connectivity index (χ4n) is 5.53. The molecule has 2 aromatic carbocycles. The van der Waals surface area contributed by atoms with Gasteiger partial charge in [-0.1, -0.05) is 68.3 Å². The summed E-state index contributed by atoms with van der Waals surface area (Å²) < 4.78 is 11.9. The van der Waals surface area contributed by atoms with Crippen molar-refractivity contribution >= 4 is 55.7 Å². The number of fused-ring (bicyclic) bond motifs is 1. The highest BCUT2D eigenvalue weighted by Crippen LogP contribution is 2.54. The number of hydrogen-bond acceptors (Lipinski definition) is 6. The van der Waals surface area contributed by atoms with Crippen molar-refractivity contribution in [2.24, 2.45) is 5.92 Å². The van der Waals surface area contributed by atoms with Gasteiger partial charge >= 0.3 is 11.9 Å². The van der Waals surface area contributed by atoms with E-state index in [9.17, 15) is 14.4 Å². The number of esters is 2. The van der Waals surface area contributed by atoms with Crippen LogP contribution in [0.15, 0.2) is 63.6 Å². The van der Waals surface area contributed by atoms with Crippen LogP contribution in [0, 0.1) is 5.92 Å². The first kappa shape index (κ1) is 24.8. The zero-order chi connectivity index (χ0) is 24.5. The topological polar surface area (TPSA) is 72.9 Å². The van der Waals surface area contributed by atoms with E-state index in [1.807, 2.05) is 59.5 Å². The molecule has 0 radical (unpaired) electrons. The zero-order valence-corrected chi connectivity index (χ0v) is 22.0. The molecular formula is C26H25Br2NO5. The van der Waals surface area contributed by atoms with Crippen LogP contribution in [0.4, 0.5) is 0 Å². The van der Waals surface area contributed by atoms with E-state index in [-0.39, 0.29) is 6.04 Å². The largest absolute Gasteiger partial charge is 0.467 e. The number of ketones is 1. The van der Waals surface area contributed by atoms with Gasteiger partial charge in [0.25, 0.3) is 0 Å². The fraction of sp³-hybridized carbons (Fsp3) is 0.346. The maximum absolute atomic E-state index is 13.6. The maximum Gasteiger partial charge on any atom is 0.374 e. The van der Waals surface area contributed by atoms with E-state index >= 15 is 0 Å². The number of benzene rings is 2. The first-order valence-electron chi connectivity index (χ1n) is 11.0. The second kappa shape index (κ2) is 10.1. The average Bonchev–Trinajstić information content (AvgIpc) is 3.41. The molecule has 8 heteroatoms. The monoisotopic (exact) mass is 589 g/mol. The van der Waals surface area contributed by atoms with Gasteiger partial charge in [0.1, 0.15) is 5.54 Å². The summed E-state index contributed by atoms with van der Waals surface area (Å²) >= 11 is 6.99. The summed E-state index contributed by atoms with van der Waals surface area (Å²) in [4.78, 5) is 41.9. The van der Waals surface area contributed by atoms with Crippen LogP contribution in [0.1, 0.15) is 29.9 Å². The molecule has 2 aromatic rings. The van der Waals surface area contributed by atoms with Gasteiger partial charge in [-0.2, -0.15) is 0 Å². The Morgan fingerprint density at radius 1 is 1.03 bits per heavy atom. The first-order chi connectivity index (χ1) is 16.3. The van der Waals surface area contributed by atoms with Crippen molar-refractivity contribution < 1.29 is 23.9 Å². The quantitative estimate of drug-likeness (QED) is 0.357. The molecule has 4 rings (SSSR count). The summed E-state index contributed by atoms with van der Waals surface area (Å²) in [6.07, 6.45) is 5.23. The third-order valence-electron chi connectivity index (χ3n) is 6.82. The molecule has 0 saturated carbocycles. The molecule has 178 valence electrons. The van der Waals surface area contributed by atoms with Gasteiger partial charge in [-0.05, 0) is 54.8 Å². The van der Waals surface area contributed by atoms with E-state index in [2.05, 4.69) is 31.9 Å². The van der Waals surface area contributed by atoms with Crippen LogP contribution in [0.3, 0.4) is 0 Å². The number of carbonyl (C=O) groups excluding carboxylic acids is 3. The molecule has 0 spiro atoms. The van der Waals surface area contributed by atoms with E-state index in [1.165, 1.54) is 14.2 Å². The molecule has 4 atom stereocenters. The molecular weight excluding hydrogens is 566 g/mol. The SMILES string of the molecule is COC(=O)C(=O)[C@@H]1[C@@H](c2cccc(Br)c2)[C@@H]2CCCN2[C@@]1(/C=C/c1cccc(Br)c1)C(=O)OC. The third-order valence-corrected chi connectivity index (χ3v) is 7.80. The predicted octanol–water partition coefficient (Wildman–Crippen LogP) is 4.76. The number of rotatable bonds is 6. The van der Waals surface area contributed by atoms with Crippen LogP contribution >= 0.6 is 31.9 Å². The molecule has 0 unspecified atom stereocenters. The summed E-state index contributed by atoms with van der Waals surface area (Å²) in [6, 6.07) is 15.2. The zero-order valence-electron chi connectivity index (χ0n) is 18.9. The molecule has 0 aromatic heterocycles. The van der Waals surface area contributed by atoms with Gasteiger partial charge in [0.2, 0.25) is 5.78 Å². The fourth-order valence-corrected chi connectivity index (χ4v) is 6.36. The number of hydrogen-bond donors (Lipinski definition) is 0. The van der Waals surface area contributed by atoms with Gasteiger partial charge in [-0.3, -0.25) is 9.69 Å². The van der Waals surface area contributed by atoms with Crippen molar-refractivity contribution in [1.82, 2.24) is 4.90 Å². The highest BCUT2D eigenvalue weighted by Gasteiger charge is 2.66. The standard InChI is InChI=1S/C26H25Br2NO5/c1-33-24(31)23(30)22-21(17-7-4-9-19(28)15-17)20-10-5-13-29(20)26(22,25(32)34-2)12-11-16-6-3-8-18(27)14-16/h3-4,6-9,11-12,14-15,20-22H,5,10,13H2,1-2H3/b12-11+/t20-,21-,22-,26+/m0/s1. The minimum absolute atomic E-state index is 0.112. The number of carbonyl (C=O) groups is 3. The lowest BCUT2D eigenvalue weighted by atomic mass is 9.71. The van der Waals surface area contributed by atoms with Crippen LogP contribution in [0.5, 0.6) is 0 Å². The lowest BCUT2D eigenvalue weighted by Gasteiger charge is -2.36. The molecule has 2 heterocycles. The van der Waals surface area contributed by atoms with Gasteiger partial charge < -0.3 is 9.47 Å². The Hall–Kier alpha value is -2.29. The Balaban J connectivity index is 1.95. The van der Waals surface area contributed by atoms with E-state index in [0.29, 0.717) is 6.54 Å². The second-order valence-corrected chi connectivity index (χ2v) is 10.4. The predicted molar refractivity (Wildman–Crippen MR) is 135 cm³/mol. The Bertz CT molecular complexity index is 1150. The lowest BCUT2D eigenvalue weighted by Crippen LogP contribution is -2.56. The molecule has 2 aliphatic rings. The first-order valence-corrected chi connectivity index (χ1v) is 12.6. The van der Waals surface area contributed by atoms with Gasteiger partial charge in [0.15, 0.2) is 0 Å². The highest BCUT2D eigenvalue weighted by atomic mass is 79.9.